The molecule has 8 heteroatoms. The van der Waals surface area contributed by atoms with Crippen LogP contribution in [0.2, 0.25) is 0 Å². The van der Waals surface area contributed by atoms with E-state index in [9.17, 15) is 14.7 Å². The highest BCUT2D eigenvalue weighted by molar-refractivity contribution is 7.07. The van der Waals surface area contributed by atoms with E-state index in [0.717, 1.165) is 28.0 Å². The molecule has 1 aromatic carbocycles. The summed E-state index contributed by atoms with van der Waals surface area (Å²) >= 11 is 1.45. The van der Waals surface area contributed by atoms with Crippen LogP contribution < -0.4 is 11.3 Å². The number of hydrogen-bond acceptors (Lipinski definition) is 7. The molecule has 3 heterocycles. The molecule has 114 valence electrons. The summed E-state index contributed by atoms with van der Waals surface area (Å²) < 4.78 is 11.1. The predicted octanol–water partition coefficient (Wildman–Crippen LogP) is 2.39. The lowest BCUT2D eigenvalue weighted by molar-refractivity contribution is 0.289. The molecule has 0 atom stereocenters. The Bertz CT molecular complexity index is 1170. The highest BCUT2D eigenvalue weighted by atomic mass is 32.1. The molecule has 7 nitrogen and oxygen atoms in total. The summed E-state index contributed by atoms with van der Waals surface area (Å²) in [5.74, 6) is -0.458. The van der Waals surface area contributed by atoms with Crippen LogP contribution in [0.3, 0.4) is 0 Å². The van der Waals surface area contributed by atoms with Gasteiger partial charge in [-0.25, -0.2) is 14.6 Å². The minimum Gasteiger partial charge on any atom is -0.490 e. The van der Waals surface area contributed by atoms with Crippen molar-refractivity contribution in [1.29, 1.82) is 0 Å². The van der Waals surface area contributed by atoms with Crippen molar-refractivity contribution in [2.24, 2.45) is 0 Å². The van der Waals surface area contributed by atoms with E-state index in [1.165, 1.54) is 11.3 Å². The third-order valence-corrected chi connectivity index (χ3v) is 3.91. The number of benzene rings is 1. The van der Waals surface area contributed by atoms with Crippen molar-refractivity contribution in [2.45, 2.75) is 0 Å². The van der Waals surface area contributed by atoms with Crippen LogP contribution in [0.1, 0.15) is 0 Å². The molecule has 0 saturated heterocycles. The largest absolute Gasteiger partial charge is 0.490 e. The van der Waals surface area contributed by atoms with Gasteiger partial charge in [0.1, 0.15) is 0 Å². The molecular weight excluding hydrogens is 320 g/mol. The van der Waals surface area contributed by atoms with Crippen LogP contribution in [0.5, 0.6) is 5.88 Å². The number of fused-ring (bicyclic) bond motifs is 5. The molecule has 0 aliphatic heterocycles. The second kappa shape index (κ2) is 4.96. The maximum atomic E-state index is 11.7. The predicted molar refractivity (Wildman–Crippen MR) is 83.6 cm³/mol. The summed E-state index contributed by atoms with van der Waals surface area (Å²) in [5, 5.41) is 12.5. The van der Waals surface area contributed by atoms with E-state index < -0.39 is 17.1 Å². The summed E-state index contributed by atoms with van der Waals surface area (Å²) in [4.78, 5) is 27.5. The fourth-order valence-corrected chi connectivity index (χ4v) is 2.88. The third kappa shape index (κ3) is 2.16. The topological polar surface area (TPSA) is 98.0 Å². The highest BCUT2D eigenvalue weighted by Crippen LogP contribution is 2.33. The standard InChI is InChI=1S/C15H8N2O5S/c18-12-3-4-13(19)22-17-11-2-1-8(10-6-23-7-16-10)5-9(11)14(21-12)15(17)20/h1-7,20H. The Labute approximate surface area is 131 Å². The molecule has 2 bridgehead atoms. The molecule has 1 N–H and O–H groups in total. The van der Waals surface area contributed by atoms with Crippen molar-refractivity contribution in [3.05, 3.63) is 62.1 Å². The number of aromatic nitrogens is 2. The molecule has 4 aromatic rings. The molecule has 0 saturated carbocycles. The summed E-state index contributed by atoms with van der Waals surface area (Å²) in [6.07, 6.45) is 0. The van der Waals surface area contributed by atoms with Crippen LogP contribution in [0, 0.1) is 0 Å². The summed E-state index contributed by atoms with van der Waals surface area (Å²) in [6.45, 7) is 0. The fraction of sp³-hybridized carbons (Fsp3) is 0. The molecule has 4 rings (SSSR count). The van der Waals surface area contributed by atoms with Gasteiger partial charge in [-0.1, -0.05) is 6.07 Å². The quantitative estimate of drug-likeness (QED) is 0.576. The van der Waals surface area contributed by atoms with Gasteiger partial charge in [0.2, 0.25) is 5.58 Å². The lowest BCUT2D eigenvalue weighted by atomic mass is 10.1. The first kappa shape index (κ1) is 13.5. The van der Waals surface area contributed by atoms with Gasteiger partial charge >= 0.3 is 11.3 Å². The molecule has 0 spiro atoms. The Balaban J connectivity index is 2.21. The number of rotatable bonds is 1. The molecule has 23 heavy (non-hydrogen) atoms. The Morgan fingerprint density at radius 2 is 1.96 bits per heavy atom. The zero-order valence-electron chi connectivity index (χ0n) is 11.4. The fourth-order valence-electron chi connectivity index (χ4n) is 2.32. The second-order valence-corrected chi connectivity index (χ2v) is 5.44. The molecule has 0 fully saturated rings. The van der Waals surface area contributed by atoms with Crippen molar-refractivity contribution in [1.82, 2.24) is 9.56 Å². The van der Waals surface area contributed by atoms with Crippen molar-refractivity contribution in [3.63, 3.8) is 0 Å². The van der Waals surface area contributed by atoms with E-state index in [4.69, 9.17) is 8.94 Å². The van der Waals surface area contributed by atoms with Crippen LogP contribution in [-0.4, -0.2) is 14.7 Å². The SMILES string of the molecule is O=c1ccc(=O)on2c(O)c(o1)c1cc(-c3cscn3)ccc12. The van der Waals surface area contributed by atoms with Gasteiger partial charge in [0.05, 0.1) is 22.1 Å². The smallest absolute Gasteiger partial charge is 0.356 e. The molecule has 0 aliphatic carbocycles. The minimum atomic E-state index is -0.800. The zero-order valence-corrected chi connectivity index (χ0v) is 12.2. The van der Waals surface area contributed by atoms with E-state index in [1.54, 1.807) is 23.7 Å². The van der Waals surface area contributed by atoms with Gasteiger partial charge in [-0.15, -0.1) is 15.9 Å². The minimum absolute atomic E-state index is 0.0681. The van der Waals surface area contributed by atoms with Gasteiger partial charge in [0, 0.05) is 23.1 Å². The number of thiazole rings is 1. The van der Waals surface area contributed by atoms with E-state index >= 15 is 0 Å². The van der Waals surface area contributed by atoms with Gasteiger partial charge < -0.3 is 14.0 Å². The van der Waals surface area contributed by atoms with E-state index in [-0.39, 0.29) is 5.58 Å². The Morgan fingerprint density at radius 3 is 2.74 bits per heavy atom. The molecule has 0 unspecified atom stereocenters. The van der Waals surface area contributed by atoms with Gasteiger partial charge in [-0.2, -0.15) is 0 Å². The lowest BCUT2D eigenvalue weighted by Gasteiger charge is -1.97. The van der Waals surface area contributed by atoms with E-state index in [1.807, 2.05) is 5.38 Å². The van der Waals surface area contributed by atoms with Crippen molar-refractivity contribution >= 4 is 27.8 Å². The summed E-state index contributed by atoms with van der Waals surface area (Å²) in [5.41, 5.74) is 1.99. The number of hydrogen-bond donors (Lipinski definition) is 1. The molecule has 0 amide bonds. The van der Waals surface area contributed by atoms with Crippen LogP contribution in [0.4, 0.5) is 0 Å². The lowest BCUT2D eigenvalue weighted by Crippen LogP contribution is -1.98. The Kier molecular flexibility index (Phi) is 2.91. The average Bonchev–Trinajstić information content (AvgIpc) is 3.16. The molecule has 0 radical (unpaired) electrons. The van der Waals surface area contributed by atoms with Crippen molar-refractivity contribution in [2.75, 3.05) is 0 Å². The third-order valence-electron chi connectivity index (χ3n) is 3.32. The van der Waals surface area contributed by atoms with Gasteiger partial charge in [0.15, 0.2) is 0 Å². The normalized spacial score (nSPS) is 11.1. The Hall–Kier alpha value is -3.13. The Morgan fingerprint density at radius 1 is 1.13 bits per heavy atom. The van der Waals surface area contributed by atoms with Gasteiger partial charge in [-0.05, 0) is 12.1 Å². The van der Waals surface area contributed by atoms with Crippen LogP contribution in [0.25, 0.3) is 27.7 Å². The zero-order chi connectivity index (χ0) is 16.0. The molecule has 3 aromatic heterocycles. The summed E-state index contributed by atoms with van der Waals surface area (Å²) in [6, 6.07) is 7.00. The number of nitrogens with zero attached hydrogens (tertiary/aromatic N) is 2. The second-order valence-electron chi connectivity index (χ2n) is 4.72. The first-order valence-electron chi connectivity index (χ1n) is 6.51. The first-order valence-corrected chi connectivity index (χ1v) is 7.46. The highest BCUT2D eigenvalue weighted by Gasteiger charge is 2.16. The van der Waals surface area contributed by atoms with Gasteiger partial charge in [0.25, 0.3) is 5.88 Å². The molecular formula is C15H8N2O5S. The van der Waals surface area contributed by atoms with Crippen molar-refractivity contribution in [3.8, 4) is 17.1 Å². The average molecular weight is 328 g/mol. The maximum absolute atomic E-state index is 11.7. The summed E-state index contributed by atoms with van der Waals surface area (Å²) in [7, 11) is 0. The molecule has 0 aliphatic rings. The first-order chi connectivity index (χ1) is 11.1. The number of aromatic hydroxyl groups is 1. The van der Waals surface area contributed by atoms with E-state index in [0.29, 0.717) is 10.9 Å². The van der Waals surface area contributed by atoms with Crippen LogP contribution in [-0.2, 0) is 0 Å². The van der Waals surface area contributed by atoms with Crippen molar-refractivity contribution < 1.29 is 14.0 Å². The maximum Gasteiger partial charge on any atom is 0.356 e. The van der Waals surface area contributed by atoms with Crippen LogP contribution in [0.15, 0.2) is 59.8 Å². The van der Waals surface area contributed by atoms with Crippen LogP contribution >= 0.6 is 11.3 Å². The van der Waals surface area contributed by atoms with Gasteiger partial charge in [-0.3, -0.25) is 0 Å². The van der Waals surface area contributed by atoms with E-state index in [2.05, 4.69) is 4.98 Å². The monoisotopic (exact) mass is 328 g/mol.